The highest BCUT2D eigenvalue weighted by Crippen LogP contribution is 2.23. The summed E-state index contributed by atoms with van der Waals surface area (Å²) >= 11 is 11.7. The number of rotatable bonds is 3. The van der Waals surface area contributed by atoms with E-state index in [-0.39, 0.29) is 12.3 Å². The van der Waals surface area contributed by atoms with Gasteiger partial charge in [0.2, 0.25) is 5.91 Å². The lowest BCUT2D eigenvalue weighted by molar-refractivity contribution is -0.115. The van der Waals surface area contributed by atoms with Gasteiger partial charge in [0.05, 0.1) is 28.4 Å². The van der Waals surface area contributed by atoms with Crippen molar-refractivity contribution < 1.29 is 4.79 Å². The first-order chi connectivity index (χ1) is 9.45. The Morgan fingerprint density at radius 2 is 2.05 bits per heavy atom. The van der Waals surface area contributed by atoms with Crippen LogP contribution in [0.3, 0.4) is 0 Å². The van der Waals surface area contributed by atoms with Crippen LogP contribution < -0.4 is 11.1 Å². The van der Waals surface area contributed by atoms with Crippen molar-refractivity contribution in [3.8, 4) is 0 Å². The molecule has 0 aliphatic carbocycles. The van der Waals surface area contributed by atoms with Crippen molar-refractivity contribution in [1.82, 2.24) is 4.98 Å². The number of benzene rings is 1. The number of hydrogen-bond donors (Lipinski definition) is 2. The van der Waals surface area contributed by atoms with Gasteiger partial charge in [-0.15, -0.1) is 0 Å². The van der Waals surface area contributed by atoms with Crippen molar-refractivity contribution in [3.05, 3.63) is 51.6 Å². The Bertz CT molecular complexity index is 603. The minimum Gasteiger partial charge on any atom is -0.397 e. The van der Waals surface area contributed by atoms with E-state index in [0.29, 0.717) is 21.6 Å². The number of pyridine rings is 1. The SMILES string of the molecule is Cc1cc(NC(=O)Cc2ccc(Cl)c(Cl)c2)ncc1N. The van der Waals surface area contributed by atoms with Crippen LogP contribution in [0.15, 0.2) is 30.5 Å². The van der Waals surface area contributed by atoms with Crippen molar-refractivity contribution in [1.29, 1.82) is 0 Å². The van der Waals surface area contributed by atoms with Crippen LogP contribution in [-0.4, -0.2) is 10.9 Å². The normalized spacial score (nSPS) is 10.3. The summed E-state index contributed by atoms with van der Waals surface area (Å²) in [6, 6.07) is 6.82. The molecule has 4 nitrogen and oxygen atoms in total. The quantitative estimate of drug-likeness (QED) is 0.912. The zero-order valence-corrected chi connectivity index (χ0v) is 12.3. The van der Waals surface area contributed by atoms with Gasteiger partial charge >= 0.3 is 0 Å². The van der Waals surface area contributed by atoms with Gasteiger partial charge in [-0.25, -0.2) is 4.98 Å². The molecule has 20 heavy (non-hydrogen) atoms. The minimum absolute atomic E-state index is 0.180. The van der Waals surface area contributed by atoms with Gasteiger partial charge in [-0.2, -0.15) is 0 Å². The van der Waals surface area contributed by atoms with E-state index in [4.69, 9.17) is 28.9 Å². The van der Waals surface area contributed by atoms with Crippen LogP contribution in [-0.2, 0) is 11.2 Å². The number of aryl methyl sites for hydroxylation is 1. The number of hydrogen-bond acceptors (Lipinski definition) is 3. The fraction of sp³-hybridized carbons (Fsp3) is 0.143. The summed E-state index contributed by atoms with van der Waals surface area (Å²) in [4.78, 5) is 16.0. The van der Waals surface area contributed by atoms with Gasteiger partial charge in [-0.1, -0.05) is 29.3 Å². The third kappa shape index (κ3) is 3.62. The minimum atomic E-state index is -0.180. The maximum absolute atomic E-state index is 11.9. The standard InChI is InChI=1S/C14H13Cl2N3O/c1-8-4-13(18-7-12(8)17)19-14(20)6-9-2-3-10(15)11(16)5-9/h2-5,7H,6,17H2,1H3,(H,18,19,20). The Kier molecular flexibility index (Phi) is 4.47. The largest absolute Gasteiger partial charge is 0.397 e. The van der Waals surface area contributed by atoms with Crippen LogP contribution in [0.1, 0.15) is 11.1 Å². The molecule has 0 saturated carbocycles. The number of halogens is 2. The molecule has 6 heteroatoms. The lowest BCUT2D eigenvalue weighted by atomic mass is 10.1. The van der Waals surface area contributed by atoms with E-state index >= 15 is 0 Å². The fourth-order valence-electron chi connectivity index (χ4n) is 1.66. The van der Waals surface area contributed by atoms with Crippen LogP contribution in [0.25, 0.3) is 0 Å². The van der Waals surface area contributed by atoms with Gasteiger partial charge in [0, 0.05) is 0 Å². The molecular weight excluding hydrogens is 297 g/mol. The van der Waals surface area contributed by atoms with Crippen molar-refractivity contribution >= 4 is 40.6 Å². The van der Waals surface area contributed by atoms with E-state index in [9.17, 15) is 4.79 Å². The molecule has 0 unspecified atom stereocenters. The fourth-order valence-corrected chi connectivity index (χ4v) is 1.98. The summed E-state index contributed by atoms with van der Waals surface area (Å²) in [5.74, 6) is 0.293. The molecule has 2 rings (SSSR count). The molecule has 0 aliphatic heterocycles. The van der Waals surface area contributed by atoms with Gasteiger partial charge in [-0.05, 0) is 36.2 Å². The average Bonchev–Trinajstić information content (AvgIpc) is 2.38. The van der Waals surface area contributed by atoms with Crippen LogP contribution in [0.4, 0.5) is 11.5 Å². The van der Waals surface area contributed by atoms with E-state index in [1.807, 2.05) is 6.92 Å². The van der Waals surface area contributed by atoms with E-state index in [2.05, 4.69) is 10.3 Å². The van der Waals surface area contributed by atoms with Crippen LogP contribution in [0.5, 0.6) is 0 Å². The molecule has 0 saturated heterocycles. The molecule has 2 aromatic rings. The number of nitrogens with one attached hydrogen (secondary N) is 1. The highest BCUT2D eigenvalue weighted by atomic mass is 35.5. The lowest BCUT2D eigenvalue weighted by Crippen LogP contribution is -2.15. The number of aromatic nitrogens is 1. The number of carbonyl (C=O) groups is 1. The second kappa shape index (κ2) is 6.11. The Labute approximate surface area is 126 Å². The number of anilines is 2. The predicted molar refractivity (Wildman–Crippen MR) is 82.2 cm³/mol. The molecule has 1 heterocycles. The van der Waals surface area contributed by atoms with Crippen molar-refractivity contribution in [2.75, 3.05) is 11.1 Å². The summed E-state index contributed by atoms with van der Waals surface area (Å²) in [5, 5.41) is 3.60. The molecule has 0 spiro atoms. The first kappa shape index (κ1) is 14.6. The van der Waals surface area contributed by atoms with Crippen LogP contribution in [0, 0.1) is 6.92 Å². The summed E-state index contributed by atoms with van der Waals surface area (Å²) in [6.45, 7) is 1.85. The molecule has 3 N–H and O–H groups in total. The number of carbonyl (C=O) groups excluding carboxylic acids is 1. The molecule has 0 fully saturated rings. The molecule has 0 aliphatic rings. The zero-order chi connectivity index (χ0) is 14.7. The highest BCUT2D eigenvalue weighted by molar-refractivity contribution is 6.42. The van der Waals surface area contributed by atoms with Crippen molar-refractivity contribution in [2.45, 2.75) is 13.3 Å². The Morgan fingerprint density at radius 3 is 2.70 bits per heavy atom. The zero-order valence-electron chi connectivity index (χ0n) is 10.8. The molecule has 0 radical (unpaired) electrons. The summed E-state index contributed by atoms with van der Waals surface area (Å²) in [6.07, 6.45) is 1.71. The molecule has 1 aromatic heterocycles. The molecular formula is C14H13Cl2N3O. The molecule has 1 amide bonds. The van der Waals surface area contributed by atoms with E-state index in [0.717, 1.165) is 11.1 Å². The Morgan fingerprint density at radius 1 is 1.30 bits per heavy atom. The first-order valence-electron chi connectivity index (χ1n) is 5.91. The number of nitrogen functional groups attached to an aromatic ring is 1. The number of nitrogens with two attached hydrogens (primary N) is 1. The number of amides is 1. The summed E-state index contributed by atoms with van der Waals surface area (Å²) in [7, 11) is 0. The lowest BCUT2D eigenvalue weighted by Gasteiger charge is -2.07. The van der Waals surface area contributed by atoms with Gasteiger partial charge in [0.25, 0.3) is 0 Å². The third-order valence-electron chi connectivity index (χ3n) is 2.77. The summed E-state index contributed by atoms with van der Waals surface area (Å²) < 4.78 is 0. The predicted octanol–water partition coefficient (Wildman–Crippen LogP) is 3.46. The van der Waals surface area contributed by atoms with Crippen molar-refractivity contribution in [3.63, 3.8) is 0 Å². The summed E-state index contributed by atoms with van der Waals surface area (Å²) in [5.41, 5.74) is 7.91. The maximum atomic E-state index is 11.9. The van der Waals surface area contributed by atoms with Gasteiger partial charge < -0.3 is 11.1 Å². The first-order valence-corrected chi connectivity index (χ1v) is 6.67. The Hall–Kier alpha value is -1.78. The highest BCUT2D eigenvalue weighted by Gasteiger charge is 2.07. The van der Waals surface area contributed by atoms with Gasteiger partial charge in [-0.3, -0.25) is 4.79 Å². The van der Waals surface area contributed by atoms with E-state index in [1.165, 1.54) is 6.20 Å². The Balaban J connectivity index is 2.04. The average molecular weight is 310 g/mol. The van der Waals surface area contributed by atoms with Crippen molar-refractivity contribution in [2.24, 2.45) is 0 Å². The van der Waals surface area contributed by atoms with Crippen LogP contribution in [0.2, 0.25) is 10.0 Å². The number of nitrogens with zero attached hydrogens (tertiary/aromatic N) is 1. The van der Waals surface area contributed by atoms with E-state index in [1.54, 1.807) is 24.3 Å². The molecule has 0 atom stereocenters. The van der Waals surface area contributed by atoms with E-state index < -0.39 is 0 Å². The molecule has 0 bridgehead atoms. The third-order valence-corrected chi connectivity index (χ3v) is 3.51. The van der Waals surface area contributed by atoms with Crippen LogP contribution >= 0.6 is 23.2 Å². The van der Waals surface area contributed by atoms with Gasteiger partial charge in [0.15, 0.2) is 0 Å². The maximum Gasteiger partial charge on any atom is 0.229 e. The second-order valence-electron chi connectivity index (χ2n) is 4.40. The monoisotopic (exact) mass is 309 g/mol. The molecule has 104 valence electrons. The second-order valence-corrected chi connectivity index (χ2v) is 5.21. The molecule has 1 aromatic carbocycles. The smallest absolute Gasteiger partial charge is 0.229 e. The topological polar surface area (TPSA) is 68.0 Å². The van der Waals surface area contributed by atoms with Gasteiger partial charge in [0.1, 0.15) is 5.82 Å².